The van der Waals surface area contributed by atoms with Crippen molar-refractivity contribution in [1.29, 1.82) is 0 Å². The molecule has 146 valence electrons. The summed E-state index contributed by atoms with van der Waals surface area (Å²) in [5.74, 6) is 0.965. The van der Waals surface area contributed by atoms with Crippen LogP contribution in [-0.2, 0) is 11.3 Å². The molecule has 0 bridgehead atoms. The van der Waals surface area contributed by atoms with Gasteiger partial charge >= 0.3 is 0 Å². The third kappa shape index (κ3) is 4.65. The van der Waals surface area contributed by atoms with Crippen molar-refractivity contribution in [2.24, 2.45) is 0 Å². The summed E-state index contributed by atoms with van der Waals surface area (Å²) in [7, 11) is 0. The molecular formula is C19H27ClN5OS+. The average molecular weight is 409 g/mol. The van der Waals surface area contributed by atoms with E-state index in [1.165, 1.54) is 11.8 Å². The highest BCUT2D eigenvalue weighted by atomic mass is 35.5. The van der Waals surface area contributed by atoms with Crippen molar-refractivity contribution in [2.45, 2.75) is 37.7 Å². The van der Waals surface area contributed by atoms with Crippen LogP contribution in [0, 0.1) is 0 Å². The van der Waals surface area contributed by atoms with Crippen LogP contribution in [0.15, 0.2) is 29.4 Å². The fourth-order valence-electron chi connectivity index (χ4n) is 3.36. The lowest BCUT2D eigenvalue weighted by molar-refractivity contribution is -0.902. The summed E-state index contributed by atoms with van der Waals surface area (Å²) in [5.41, 5.74) is 0.932. The number of quaternary nitrogens is 1. The highest BCUT2D eigenvalue weighted by molar-refractivity contribution is 8.00. The van der Waals surface area contributed by atoms with Crippen molar-refractivity contribution in [3.8, 4) is 11.4 Å². The van der Waals surface area contributed by atoms with Crippen LogP contribution in [0.25, 0.3) is 11.4 Å². The van der Waals surface area contributed by atoms with Crippen molar-refractivity contribution in [3.63, 3.8) is 0 Å². The Balaban J connectivity index is 1.71. The predicted molar refractivity (Wildman–Crippen MR) is 109 cm³/mol. The molecule has 2 aromatic rings. The Labute approximate surface area is 169 Å². The number of likely N-dealkylation sites (N-methyl/N-ethyl adjacent to an activating group) is 1. The van der Waals surface area contributed by atoms with Gasteiger partial charge in [0.05, 0.1) is 38.0 Å². The molecular weight excluding hydrogens is 382 g/mol. The number of carbonyl (C=O) groups is 1. The van der Waals surface area contributed by atoms with E-state index in [9.17, 15) is 4.79 Å². The lowest BCUT2D eigenvalue weighted by Crippen LogP contribution is -3.14. The number of amides is 1. The number of carbonyl (C=O) groups excluding carboxylic acids is 1. The molecule has 1 amide bonds. The summed E-state index contributed by atoms with van der Waals surface area (Å²) in [6.45, 7) is 11.8. The summed E-state index contributed by atoms with van der Waals surface area (Å²) in [6, 6.07) is 7.61. The highest BCUT2D eigenvalue weighted by Gasteiger charge is 2.28. The minimum absolute atomic E-state index is 0.185. The fourth-order valence-corrected chi connectivity index (χ4v) is 4.55. The number of benzene rings is 1. The molecule has 0 unspecified atom stereocenters. The summed E-state index contributed by atoms with van der Waals surface area (Å²) >= 11 is 7.60. The highest BCUT2D eigenvalue weighted by Crippen LogP contribution is 2.28. The molecule has 0 aliphatic carbocycles. The molecule has 8 heteroatoms. The van der Waals surface area contributed by atoms with Gasteiger partial charge in [-0.15, -0.1) is 10.2 Å². The van der Waals surface area contributed by atoms with Crippen molar-refractivity contribution in [1.82, 2.24) is 19.7 Å². The molecule has 0 radical (unpaired) electrons. The zero-order valence-electron chi connectivity index (χ0n) is 16.1. The van der Waals surface area contributed by atoms with Crippen LogP contribution in [0.5, 0.6) is 0 Å². The Bertz CT molecular complexity index is 788. The van der Waals surface area contributed by atoms with E-state index in [0.29, 0.717) is 5.02 Å². The molecule has 1 aromatic heterocycles. The first-order valence-corrected chi connectivity index (χ1v) is 10.8. The van der Waals surface area contributed by atoms with Gasteiger partial charge in [0.25, 0.3) is 0 Å². The maximum absolute atomic E-state index is 12.8. The van der Waals surface area contributed by atoms with Crippen molar-refractivity contribution < 1.29 is 9.69 Å². The Hall–Kier alpha value is -1.57. The Morgan fingerprint density at radius 2 is 2.04 bits per heavy atom. The first-order chi connectivity index (χ1) is 13.0. The normalized spacial score (nSPS) is 16.5. The Morgan fingerprint density at radius 3 is 2.67 bits per heavy atom. The standard InChI is InChI=1S/C19H26ClN5OS/c1-4-23-9-11-24(12-10-23)18(26)14(3)27-19-22-21-17(25(19)5-2)15-7-6-8-16(20)13-15/h6-8,13-14H,4-5,9-12H2,1-3H3/p+1/t14-/m0/s1. The molecule has 1 saturated heterocycles. The maximum atomic E-state index is 12.8. The molecule has 0 spiro atoms. The molecule has 1 N–H and O–H groups in total. The van der Waals surface area contributed by atoms with Gasteiger partial charge in [0.1, 0.15) is 0 Å². The number of thioether (sulfide) groups is 1. The Morgan fingerprint density at radius 1 is 1.30 bits per heavy atom. The second kappa shape index (κ2) is 9.08. The van der Waals surface area contributed by atoms with E-state index < -0.39 is 0 Å². The van der Waals surface area contributed by atoms with Gasteiger partial charge in [-0.05, 0) is 32.9 Å². The van der Waals surface area contributed by atoms with Crippen molar-refractivity contribution in [3.05, 3.63) is 29.3 Å². The maximum Gasteiger partial charge on any atom is 0.236 e. The van der Waals surface area contributed by atoms with E-state index in [4.69, 9.17) is 11.6 Å². The number of rotatable bonds is 6. The van der Waals surface area contributed by atoms with E-state index in [1.807, 2.05) is 40.7 Å². The van der Waals surface area contributed by atoms with Crippen molar-refractivity contribution in [2.75, 3.05) is 32.7 Å². The van der Waals surface area contributed by atoms with Crippen LogP contribution >= 0.6 is 23.4 Å². The lowest BCUT2D eigenvalue weighted by atomic mass is 10.2. The number of aromatic nitrogens is 3. The van der Waals surface area contributed by atoms with E-state index >= 15 is 0 Å². The molecule has 1 aliphatic rings. The monoisotopic (exact) mass is 408 g/mol. The molecule has 0 saturated carbocycles. The second-order valence-electron chi connectivity index (χ2n) is 6.75. The average Bonchev–Trinajstić information content (AvgIpc) is 3.10. The van der Waals surface area contributed by atoms with Gasteiger partial charge in [-0.3, -0.25) is 4.79 Å². The van der Waals surface area contributed by atoms with Crippen LogP contribution in [-0.4, -0.2) is 63.5 Å². The minimum atomic E-state index is -0.185. The summed E-state index contributed by atoms with van der Waals surface area (Å²) < 4.78 is 2.04. The van der Waals surface area contributed by atoms with Gasteiger partial charge in [-0.2, -0.15) is 0 Å². The molecule has 2 heterocycles. The number of halogens is 1. The van der Waals surface area contributed by atoms with E-state index in [-0.39, 0.29) is 11.2 Å². The topological polar surface area (TPSA) is 55.5 Å². The van der Waals surface area contributed by atoms with Crippen molar-refractivity contribution >= 4 is 29.3 Å². The smallest absolute Gasteiger partial charge is 0.236 e. The van der Waals surface area contributed by atoms with E-state index in [2.05, 4.69) is 24.0 Å². The number of hydrogen-bond acceptors (Lipinski definition) is 4. The molecule has 3 rings (SSSR count). The largest absolute Gasteiger partial charge is 0.332 e. The zero-order valence-corrected chi connectivity index (χ0v) is 17.7. The lowest BCUT2D eigenvalue weighted by Gasteiger charge is -2.32. The molecule has 6 nitrogen and oxygen atoms in total. The van der Waals surface area contributed by atoms with Gasteiger partial charge in [0, 0.05) is 17.1 Å². The van der Waals surface area contributed by atoms with Crippen LogP contribution in [0.2, 0.25) is 5.02 Å². The fraction of sp³-hybridized carbons (Fsp3) is 0.526. The van der Waals surface area contributed by atoms with Crippen LogP contribution in [0.1, 0.15) is 20.8 Å². The van der Waals surface area contributed by atoms with Crippen LogP contribution in [0.3, 0.4) is 0 Å². The molecule has 1 fully saturated rings. The van der Waals surface area contributed by atoms with E-state index in [1.54, 1.807) is 4.90 Å². The quantitative estimate of drug-likeness (QED) is 0.741. The molecule has 1 aromatic carbocycles. The summed E-state index contributed by atoms with van der Waals surface area (Å²) in [4.78, 5) is 16.4. The van der Waals surface area contributed by atoms with Gasteiger partial charge in [-0.1, -0.05) is 35.5 Å². The third-order valence-electron chi connectivity index (χ3n) is 5.03. The van der Waals surface area contributed by atoms with Crippen LogP contribution < -0.4 is 4.90 Å². The Kier molecular flexibility index (Phi) is 6.78. The number of hydrogen-bond donors (Lipinski definition) is 1. The first kappa shape index (κ1) is 20.2. The second-order valence-corrected chi connectivity index (χ2v) is 8.49. The molecule has 1 aliphatic heterocycles. The number of piperazine rings is 1. The number of nitrogens with one attached hydrogen (secondary N) is 1. The summed E-state index contributed by atoms with van der Waals surface area (Å²) in [6.07, 6.45) is 0. The molecule has 1 atom stereocenters. The number of nitrogens with zero attached hydrogens (tertiary/aromatic N) is 4. The van der Waals surface area contributed by atoms with Crippen LogP contribution in [0.4, 0.5) is 0 Å². The molecule has 27 heavy (non-hydrogen) atoms. The van der Waals surface area contributed by atoms with E-state index in [0.717, 1.165) is 55.8 Å². The SMILES string of the molecule is CCn1c(S[C@@H](C)C(=O)N2CC[NH+](CC)CC2)nnc1-c1cccc(Cl)c1. The van der Waals surface area contributed by atoms with Gasteiger partial charge in [-0.25, -0.2) is 0 Å². The summed E-state index contributed by atoms with van der Waals surface area (Å²) in [5, 5.41) is 9.95. The zero-order chi connectivity index (χ0) is 19.4. The van der Waals surface area contributed by atoms with Gasteiger partial charge < -0.3 is 14.4 Å². The van der Waals surface area contributed by atoms with Gasteiger partial charge in [0.2, 0.25) is 5.91 Å². The first-order valence-electron chi connectivity index (χ1n) is 9.51. The van der Waals surface area contributed by atoms with Gasteiger partial charge in [0.15, 0.2) is 11.0 Å². The third-order valence-corrected chi connectivity index (χ3v) is 6.33. The predicted octanol–water partition coefficient (Wildman–Crippen LogP) is 1.85. The minimum Gasteiger partial charge on any atom is -0.332 e.